The van der Waals surface area contributed by atoms with Gasteiger partial charge in [0.05, 0.1) is 18.8 Å². The number of hydrogen-bond acceptors (Lipinski definition) is 3. The molecular weight excluding hydrogens is 300 g/mol. The van der Waals surface area contributed by atoms with Crippen molar-refractivity contribution in [3.63, 3.8) is 0 Å². The van der Waals surface area contributed by atoms with Gasteiger partial charge in [-0.1, -0.05) is 42.5 Å². The van der Waals surface area contributed by atoms with Gasteiger partial charge in [0.15, 0.2) is 0 Å². The number of amides is 1. The molecule has 0 radical (unpaired) electrons. The average molecular weight is 324 g/mol. The zero-order valence-corrected chi connectivity index (χ0v) is 14.2. The van der Waals surface area contributed by atoms with E-state index in [2.05, 4.69) is 22.3 Å². The predicted octanol–water partition coefficient (Wildman–Crippen LogP) is 3.40. The first-order chi connectivity index (χ1) is 11.6. The van der Waals surface area contributed by atoms with Crippen molar-refractivity contribution in [2.45, 2.75) is 26.1 Å². The Hall–Kier alpha value is -2.17. The number of anilines is 1. The van der Waals surface area contributed by atoms with Crippen LogP contribution in [0.25, 0.3) is 11.1 Å². The van der Waals surface area contributed by atoms with Crippen LogP contribution in [0.15, 0.2) is 54.6 Å². The first-order valence-corrected chi connectivity index (χ1v) is 8.43. The zero-order chi connectivity index (χ0) is 16.9. The Morgan fingerprint density at radius 3 is 2.21 bits per heavy atom. The molecule has 1 saturated heterocycles. The maximum absolute atomic E-state index is 12.3. The Morgan fingerprint density at radius 1 is 1.00 bits per heavy atom. The van der Waals surface area contributed by atoms with Crippen LogP contribution >= 0.6 is 0 Å². The number of carbonyl (C=O) groups is 1. The van der Waals surface area contributed by atoms with Crippen molar-refractivity contribution in [1.82, 2.24) is 4.90 Å². The Morgan fingerprint density at radius 2 is 1.58 bits per heavy atom. The number of morpholine rings is 1. The summed E-state index contributed by atoms with van der Waals surface area (Å²) >= 11 is 0. The fraction of sp³-hybridized carbons (Fsp3) is 0.350. The first-order valence-electron chi connectivity index (χ1n) is 8.43. The number of benzene rings is 2. The van der Waals surface area contributed by atoms with E-state index in [1.54, 1.807) is 0 Å². The van der Waals surface area contributed by atoms with E-state index in [0.717, 1.165) is 24.3 Å². The average Bonchev–Trinajstić information content (AvgIpc) is 2.55. The van der Waals surface area contributed by atoms with Gasteiger partial charge in [-0.3, -0.25) is 9.69 Å². The molecule has 0 aliphatic carbocycles. The van der Waals surface area contributed by atoms with Crippen molar-refractivity contribution in [3.8, 4) is 11.1 Å². The molecule has 2 aromatic rings. The van der Waals surface area contributed by atoms with Crippen LogP contribution in [-0.4, -0.2) is 42.6 Å². The Kier molecular flexibility index (Phi) is 5.28. The minimum absolute atomic E-state index is 0.0174. The molecule has 0 bridgehead atoms. The van der Waals surface area contributed by atoms with Gasteiger partial charge >= 0.3 is 0 Å². The highest BCUT2D eigenvalue weighted by Gasteiger charge is 2.23. The number of nitrogens with zero attached hydrogens (tertiary/aromatic N) is 1. The zero-order valence-electron chi connectivity index (χ0n) is 14.2. The van der Waals surface area contributed by atoms with Crippen molar-refractivity contribution in [2.24, 2.45) is 0 Å². The van der Waals surface area contributed by atoms with Crippen LogP contribution in [0.2, 0.25) is 0 Å². The molecule has 0 aromatic heterocycles. The number of rotatable bonds is 4. The predicted molar refractivity (Wildman–Crippen MR) is 97.0 cm³/mol. The molecule has 4 nitrogen and oxygen atoms in total. The fourth-order valence-corrected chi connectivity index (χ4v) is 3.19. The van der Waals surface area contributed by atoms with E-state index in [0.29, 0.717) is 6.54 Å². The van der Waals surface area contributed by atoms with Gasteiger partial charge in [0.25, 0.3) is 0 Å². The van der Waals surface area contributed by atoms with Gasteiger partial charge in [0, 0.05) is 18.8 Å². The van der Waals surface area contributed by atoms with Gasteiger partial charge < -0.3 is 10.1 Å². The number of nitrogens with one attached hydrogen (secondary N) is 1. The van der Waals surface area contributed by atoms with E-state index >= 15 is 0 Å². The SMILES string of the molecule is C[C@@H]1CN(CC(=O)Nc2ccc(-c3ccccc3)cc2)C[C@H](C)O1. The summed E-state index contributed by atoms with van der Waals surface area (Å²) in [6, 6.07) is 18.2. The molecule has 3 rings (SSSR count). The maximum Gasteiger partial charge on any atom is 0.238 e. The summed E-state index contributed by atoms with van der Waals surface area (Å²) in [5, 5.41) is 2.98. The van der Waals surface area contributed by atoms with Crippen molar-refractivity contribution in [1.29, 1.82) is 0 Å². The second-order valence-electron chi connectivity index (χ2n) is 6.44. The molecule has 1 amide bonds. The molecule has 126 valence electrons. The normalized spacial score (nSPS) is 21.4. The van der Waals surface area contributed by atoms with Crippen LogP contribution in [0, 0.1) is 0 Å². The summed E-state index contributed by atoms with van der Waals surface area (Å²) < 4.78 is 5.70. The molecule has 1 heterocycles. The third kappa shape index (κ3) is 4.43. The lowest BCUT2D eigenvalue weighted by Gasteiger charge is -2.34. The Labute approximate surface area is 143 Å². The lowest BCUT2D eigenvalue weighted by molar-refractivity contribution is -0.121. The van der Waals surface area contributed by atoms with E-state index in [9.17, 15) is 4.79 Å². The van der Waals surface area contributed by atoms with Crippen molar-refractivity contribution in [3.05, 3.63) is 54.6 Å². The molecule has 1 fully saturated rings. The molecule has 0 spiro atoms. The second kappa shape index (κ2) is 7.60. The number of ether oxygens (including phenoxy) is 1. The molecule has 1 aliphatic heterocycles. The van der Waals surface area contributed by atoms with Crippen molar-refractivity contribution in [2.75, 3.05) is 25.0 Å². The van der Waals surface area contributed by atoms with Crippen molar-refractivity contribution >= 4 is 11.6 Å². The quantitative estimate of drug-likeness (QED) is 0.937. The third-order valence-electron chi connectivity index (χ3n) is 4.14. The lowest BCUT2D eigenvalue weighted by Crippen LogP contribution is -2.48. The highest BCUT2D eigenvalue weighted by Crippen LogP contribution is 2.21. The van der Waals surface area contributed by atoms with E-state index in [1.165, 1.54) is 5.56 Å². The minimum atomic E-state index is 0.0174. The summed E-state index contributed by atoms with van der Waals surface area (Å²) in [5.41, 5.74) is 3.14. The van der Waals surface area contributed by atoms with Gasteiger partial charge in [-0.05, 0) is 37.1 Å². The van der Waals surface area contributed by atoms with Gasteiger partial charge in [0.2, 0.25) is 5.91 Å². The van der Waals surface area contributed by atoms with Gasteiger partial charge in [-0.15, -0.1) is 0 Å². The monoisotopic (exact) mass is 324 g/mol. The van der Waals surface area contributed by atoms with E-state index in [4.69, 9.17) is 4.74 Å². The van der Waals surface area contributed by atoms with Gasteiger partial charge in [-0.25, -0.2) is 0 Å². The van der Waals surface area contributed by atoms with Crippen LogP contribution in [0.5, 0.6) is 0 Å². The topological polar surface area (TPSA) is 41.6 Å². The minimum Gasteiger partial charge on any atom is -0.373 e. The summed E-state index contributed by atoms with van der Waals surface area (Å²) in [7, 11) is 0. The standard InChI is InChI=1S/C20H24N2O2/c1-15-12-22(13-16(2)24-15)14-20(23)21-19-10-8-18(9-11-19)17-6-4-3-5-7-17/h3-11,15-16H,12-14H2,1-2H3,(H,21,23)/t15-,16+. The fourth-order valence-electron chi connectivity index (χ4n) is 3.19. The molecule has 4 heteroatoms. The van der Waals surface area contributed by atoms with Crippen LogP contribution < -0.4 is 5.32 Å². The van der Waals surface area contributed by atoms with E-state index in [1.807, 2.05) is 56.3 Å². The van der Waals surface area contributed by atoms with Crippen LogP contribution in [0.1, 0.15) is 13.8 Å². The summed E-state index contributed by atoms with van der Waals surface area (Å²) in [6.07, 6.45) is 0.346. The smallest absolute Gasteiger partial charge is 0.238 e. The summed E-state index contributed by atoms with van der Waals surface area (Å²) in [4.78, 5) is 14.4. The molecule has 1 aliphatic rings. The number of carbonyl (C=O) groups excluding carboxylic acids is 1. The highest BCUT2D eigenvalue weighted by molar-refractivity contribution is 5.92. The largest absolute Gasteiger partial charge is 0.373 e. The molecule has 0 unspecified atom stereocenters. The van der Waals surface area contributed by atoms with Crippen LogP contribution in [0.3, 0.4) is 0 Å². The van der Waals surface area contributed by atoms with E-state index in [-0.39, 0.29) is 18.1 Å². The lowest BCUT2D eigenvalue weighted by atomic mass is 10.1. The molecule has 24 heavy (non-hydrogen) atoms. The summed E-state index contributed by atoms with van der Waals surface area (Å²) in [5.74, 6) is 0.0174. The maximum atomic E-state index is 12.3. The van der Waals surface area contributed by atoms with Crippen LogP contribution in [-0.2, 0) is 9.53 Å². The molecule has 2 aromatic carbocycles. The molecule has 1 N–H and O–H groups in total. The Bertz CT molecular complexity index is 660. The van der Waals surface area contributed by atoms with E-state index < -0.39 is 0 Å². The summed E-state index contributed by atoms with van der Waals surface area (Å²) in [6.45, 7) is 6.08. The van der Waals surface area contributed by atoms with Gasteiger partial charge in [-0.2, -0.15) is 0 Å². The van der Waals surface area contributed by atoms with Gasteiger partial charge in [0.1, 0.15) is 0 Å². The second-order valence-corrected chi connectivity index (χ2v) is 6.44. The molecule has 0 saturated carbocycles. The molecule has 2 atom stereocenters. The highest BCUT2D eigenvalue weighted by atomic mass is 16.5. The first kappa shape index (κ1) is 16.7. The Balaban J connectivity index is 1.57. The number of hydrogen-bond donors (Lipinski definition) is 1. The third-order valence-corrected chi connectivity index (χ3v) is 4.14. The molecular formula is C20H24N2O2. The van der Waals surface area contributed by atoms with Crippen molar-refractivity contribution < 1.29 is 9.53 Å². The van der Waals surface area contributed by atoms with Crippen LogP contribution in [0.4, 0.5) is 5.69 Å².